The second-order valence-electron chi connectivity index (χ2n) is 5.24. The molecule has 4 heteroatoms. The van der Waals surface area contributed by atoms with E-state index in [0.717, 1.165) is 0 Å². The summed E-state index contributed by atoms with van der Waals surface area (Å²) < 4.78 is 5.43. The van der Waals surface area contributed by atoms with Crippen LogP contribution in [0.15, 0.2) is 30.3 Å². The molecule has 3 fully saturated rings. The van der Waals surface area contributed by atoms with Crippen LogP contribution in [0, 0.1) is 11.8 Å². The van der Waals surface area contributed by atoms with E-state index in [1.807, 2.05) is 30.3 Å². The fourth-order valence-electron chi connectivity index (χ4n) is 3.24. The third-order valence-corrected chi connectivity index (χ3v) is 4.24. The summed E-state index contributed by atoms with van der Waals surface area (Å²) in [6, 6.07) is 9.19. The fraction of sp³-hybridized carbons (Fsp3) is 0.429. The first-order chi connectivity index (χ1) is 8.75. The van der Waals surface area contributed by atoms with Crippen molar-refractivity contribution in [1.29, 1.82) is 0 Å². The number of ether oxygens (including phenoxy) is 1. The molecule has 1 aromatic carbocycles. The molecule has 1 saturated carbocycles. The van der Waals surface area contributed by atoms with E-state index < -0.39 is 0 Å². The highest BCUT2D eigenvalue weighted by atomic mass is 16.6. The van der Waals surface area contributed by atoms with Crippen LogP contribution in [0.5, 0.6) is 0 Å². The van der Waals surface area contributed by atoms with Crippen molar-refractivity contribution < 1.29 is 14.3 Å². The van der Waals surface area contributed by atoms with Gasteiger partial charge in [0.1, 0.15) is 0 Å². The number of carbonyl (C=O) groups excluding carboxylic acids is 2. The van der Waals surface area contributed by atoms with Gasteiger partial charge in [0.05, 0.1) is 29.7 Å². The molecular formula is C14H13NO3. The number of rotatable bonds is 1. The zero-order valence-electron chi connectivity index (χ0n) is 9.78. The van der Waals surface area contributed by atoms with Gasteiger partial charge in [-0.1, -0.05) is 18.2 Å². The maximum Gasteiger partial charge on any atom is 0.237 e. The van der Waals surface area contributed by atoms with Crippen LogP contribution in [0.25, 0.3) is 0 Å². The smallest absolute Gasteiger partial charge is 0.237 e. The minimum atomic E-state index is -0.165. The lowest BCUT2D eigenvalue weighted by Crippen LogP contribution is -2.30. The first-order valence-electron chi connectivity index (χ1n) is 6.34. The van der Waals surface area contributed by atoms with Gasteiger partial charge in [-0.2, -0.15) is 0 Å². The van der Waals surface area contributed by atoms with Gasteiger partial charge >= 0.3 is 0 Å². The van der Waals surface area contributed by atoms with Gasteiger partial charge in [0.2, 0.25) is 11.8 Å². The Balaban J connectivity index is 1.70. The third-order valence-electron chi connectivity index (χ3n) is 4.24. The summed E-state index contributed by atoms with van der Waals surface area (Å²) in [4.78, 5) is 26.1. The standard InChI is InChI=1S/C14H13NO3/c16-13-9-6-11-12(18-11)7-10(9)14(17)15(13)8-4-2-1-3-5-8/h1-5,9-12H,6-7H2/t9-,10+,11+,12-. The van der Waals surface area contributed by atoms with Crippen LogP contribution in [-0.2, 0) is 14.3 Å². The SMILES string of the molecule is O=C1[C@H]2C[C@H]3O[C@H]3C[C@H]2C(=O)N1c1ccccc1. The van der Waals surface area contributed by atoms with Crippen molar-refractivity contribution >= 4 is 17.5 Å². The number of benzene rings is 1. The monoisotopic (exact) mass is 243 g/mol. The highest BCUT2D eigenvalue weighted by molar-refractivity contribution is 6.22. The van der Waals surface area contributed by atoms with Gasteiger partial charge < -0.3 is 4.74 Å². The van der Waals surface area contributed by atoms with Crippen molar-refractivity contribution in [3.05, 3.63) is 30.3 Å². The van der Waals surface area contributed by atoms with Gasteiger partial charge in [-0.25, -0.2) is 0 Å². The normalized spacial score (nSPS) is 37.4. The molecule has 2 heterocycles. The van der Waals surface area contributed by atoms with Crippen LogP contribution in [0.4, 0.5) is 5.69 Å². The van der Waals surface area contributed by atoms with Crippen LogP contribution in [0.2, 0.25) is 0 Å². The number of anilines is 1. The molecule has 1 aromatic rings. The van der Waals surface area contributed by atoms with Gasteiger partial charge in [-0.3, -0.25) is 14.5 Å². The Hall–Kier alpha value is -1.68. The molecule has 0 unspecified atom stereocenters. The van der Waals surface area contributed by atoms with Crippen molar-refractivity contribution in [3.63, 3.8) is 0 Å². The van der Waals surface area contributed by atoms with Gasteiger partial charge in [0, 0.05) is 0 Å². The molecule has 2 amide bonds. The maximum atomic E-state index is 12.4. The Morgan fingerprint density at radius 2 is 1.50 bits per heavy atom. The molecular weight excluding hydrogens is 230 g/mol. The van der Waals surface area contributed by atoms with Gasteiger partial charge in [0.25, 0.3) is 0 Å². The lowest BCUT2D eigenvalue weighted by atomic mass is 9.81. The van der Waals surface area contributed by atoms with E-state index in [1.165, 1.54) is 4.90 Å². The number of nitrogens with zero attached hydrogens (tertiary/aromatic N) is 1. The van der Waals surface area contributed by atoms with Crippen LogP contribution in [0.3, 0.4) is 0 Å². The van der Waals surface area contributed by atoms with Crippen LogP contribution in [-0.4, -0.2) is 24.0 Å². The minimum Gasteiger partial charge on any atom is -0.370 e. The van der Waals surface area contributed by atoms with Gasteiger partial charge in [0.15, 0.2) is 0 Å². The number of amides is 2. The molecule has 4 nitrogen and oxygen atoms in total. The molecule has 92 valence electrons. The lowest BCUT2D eigenvalue weighted by Gasteiger charge is -2.16. The Morgan fingerprint density at radius 1 is 0.944 bits per heavy atom. The van der Waals surface area contributed by atoms with E-state index in [-0.39, 0.29) is 35.9 Å². The molecule has 1 aliphatic carbocycles. The summed E-state index contributed by atoms with van der Waals surface area (Å²) in [5.74, 6) is -0.432. The van der Waals surface area contributed by atoms with Crippen LogP contribution >= 0.6 is 0 Å². The second-order valence-corrected chi connectivity index (χ2v) is 5.24. The molecule has 0 bridgehead atoms. The first-order valence-corrected chi connectivity index (χ1v) is 6.34. The number of para-hydroxylation sites is 1. The molecule has 0 spiro atoms. The Kier molecular flexibility index (Phi) is 1.95. The number of fused-ring (bicyclic) bond motifs is 2. The minimum absolute atomic E-state index is 0.0508. The van der Waals surface area contributed by atoms with E-state index in [9.17, 15) is 9.59 Å². The average Bonchev–Trinajstić information content (AvgIpc) is 3.11. The quantitative estimate of drug-likeness (QED) is 0.552. The predicted octanol–water partition coefficient (Wildman–Crippen LogP) is 1.35. The number of hydrogen-bond acceptors (Lipinski definition) is 3. The van der Waals surface area contributed by atoms with Crippen molar-refractivity contribution in [2.75, 3.05) is 4.90 Å². The predicted molar refractivity (Wildman–Crippen MR) is 63.8 cm³/mol. The van der Waals surface area contributed by atoms with E-state index >= 15 is 0 Å². The summed E-state index contributed by atoms with van der Waals surface area (Å²) in [7, 11) is 0. The molecule has 2 aliphatic heterocycles. The van der Waals surface area contributed by atoms with Gasteiger partial charge in [-0.05, 0) is 25.0 Å². The zero-order chi connectivity index (χ0) is 12.3. The Labute approximate surface area is 105 Å². The topological polar surface area (TPSA) is 49.9 Å². The second kappa shape index (κ2) is 3.42. The Morgan fingerprint density at radius 3 is 2.06 bits per heavy atom. The summed E-state index contributed by atoms with van der Waals surface area (Å²) in [6.45, 7) is 0. The van der Waals surface area contributed by atoms with E-state index in [4.69, 9.17) is 4.74 Å². The number of carbonyl (C=O) groups is 2. The molecule has 18 heavy (non-hydrogen) atoms. The first kappa shape index (κ1) is 10.3. The summed E-state index contributed by atoms with van der Waals surface area (Å²) in [5.41, 5.74) is 0.691. The zero-order valence-corrected chi connectivity index (χ0v) is 9.78. The summed E-state index contributed by atoms with van der Waals surface area (Å²) >= 11 is 0. The molecule has 2 saturated heterocycles. The number of epoxide rings is 1. The average molecular weight is 243 g/mol. The molecule has 0 radical (unpaired) electrons. The van der Waals surface area contributed by atoms with Gasteiger partial charge in [-0.15, -0.1) is 0 Å². The van der Waals surface area contributed by atoms with E-state index in [2.05, 4.69) is 0 Å². The molecule has 3 aliphatic rings. The third kappa shape index (κ3) is 1.29. The molecule has 0 N–H and O–H groups in total. The van der Waals surface area contributed by atoms with Crippen molar-refractivity contribution in [3.8, 4) is 0 Å². The molecule has 4 atom stereocenters. The summed E-state index contributed by atoms with van der Waals surface area (Å²) in [5, 5.41) is 0. The van der Waals surface area contributed by atoms with E-state index in [1.54, 1.807) is 0 Å². The van der Waals surface area contributed by atoms with Crippen LogP contribution < -0.4 is 4.90 Å². The highest BCUT2D eigenvalue weighted by Gasteiger charge is 2.58. The largest absolute Gasteiger partial charge is 0.370 e. The van der Waals surface area contributed by atoms with E-state index in [0.29, 0.717) is 18.5 Å². The fourth-order valence-corrected chi connectivity index (χ4v) is 3.24. The molecule has 4 rings (SSSR count). The van der Waals surface area contributed by atoms with Crippen LogP contribution in [0.1, 0.15) is 12.8 Å². The molecule has 0 aromatic heterocycles. The van der Waals surface area contributed by atoms with Crippen molar-refractivity contribution in [1.82, 2.24) is 0 Å². The van der Waals surface area contributed by atoms with Crippen molar-refractivity contribution in [2.45, 2.75) is 25.0 Å². The summed E-state index contributed by atoms with van der Waals surface area (Å²) in [6.07, 6.45) is 1.87. The lowest BCUT2D eigenvalue weighted by molar-refractivity contribution is -0.122. The maximum absolute atomic E-state index is 12.4. The Bertz CT molecular complexity index is 499. The number of imide groups is 1. The van der Waals surface area contributed by atoms with Crippen molar-refractivity contribution in [2.24, 2.45) is 11.8 Å². The highest BCUT2D eigenvalue weighted by Crippen LogP contribution is 2.47. The number of hydrogen-bond donors (Lipinski definition) is 0.